The number of carbonyl (C=O) groups excluding carboxylic acids is 2. The first kappa shape index (κ1) is 13.4. The molecule has 0 unspecified atom stereocenters. The largest absolute Gasteiger partial charge is 0.492 e. The predicted octanol–water partition coefficient (Wildman–Crippen LogP) is 0.337. The molecule has 0 aromatic heterocycles. The first-order valence-electron chi connectivity index (χ1n) is 6.15. The molecule has 19 heavy (non-hydrogen) atoms. The van der Waals surface area contributed by atoms with Gasteiger partial charge in [-0.05, 0) is 24.7 Å². The number of amides is 3. The van der Waals surface area contributed by atoms with E-state index >= 15 is 0 Å². The summed E-state index contributed by atoms with van der Waals surface area (Å²) in [4.78, 5) is 23.8. The van der Waals surface area contributed by atoms with Crippen molar-refractivity contribution in [1.29, 1.82) is 0 Å². The first-order chi connectivity index (χ1) is 9.20. The molecule has 3 amide bonds. The summed E-state index contributed by atoms with van der Waals surface area (Å²) in [6.07, 6.45) is 0. The number of urea groups is 1. The lowest BCUT2D eigenvalue weighted by molar-refractivity contribution is -0.125. The molecule has 2 N–H and O–H groups in total. The fourth-order valence-electron chi connectivity index (χ4n) is 1.84. The van der Waals surface area contributed by atoms with Crippen molar-refractivity contribution in [2.75, 3.05) is 26.7 Å². The van der Waals surface area contributed by atoms with Crippen LogP contribution in [0.2, 0.25) is 0 Å². The van der Waals surface area contributed by atoms with E-state index in [1.165, 1.54) is 5.56 Å². The van der Waals surface area contributed by atoms with E-state index in [-0.39, 0.29) is 25.0 Å². The lowest BCUT2D eigenvalue weighted by Gasteiger charge is -2.13. The highest BCUT2D eigenvalue weighted by atomic mass is 16.5. The molecule has 0 saturated carbocycles. The summed E-state index contributed by atoms with van der Waals surface area (Å²) in [5.74, 6) is 0.518. The normalized spacial score (nSPS) is 14.7. The van der Waals surface area contributed by atoms with Crippen LogP contribution in [0.5, 0.6) is 5.75 Å². The fourth-order valence-corrected chi connectivity index (χ4v) is 1.84. The van der Waals surface area contributed by atoms with E-state index < -0.39 is 0 Å². The number of ether oxygens (including phenoxy) is 1. The van der Waals surface area contributed by atoms with E-state index in [1.807, 2.05) is 31.3 Å². The van der Waals surface area contributed by atoms with Gasteiger partial charge in [0, 0.05) is 6.54 Å². The Labute approximate surface area is 111 Å². The molecule has 6 nitrogen and oxygen atoms in total. The van der Waals surface area contributed by atoms with Crippen molar-refractivity contribution in [3.05, 3.63) is 29.8 Å². The summed E-state index contributed by atoms with van der Waals surface area (Å²) in [6, 6.07) is 7.34. The maximum atomic E-state index is 11.3. The maximum absolute atomic E-state index is 11.3. The monoisotopic (exact) mass is 263 g/mol. The Morgan fingerprint density at radius 3 is 2.63 bits per heavy atom. The lowest BCUT2D eigenvalue weighted by atomic mass is 10.2. The van der Waals surface area contributed by atoms with Crippen LogP contribution in [-0.4, -0.2) is 43.6 Å². The molecule has 1 fully saturated rings. The summed E-state index contributed by atoms with van der Waals surface area (Å²) < 4.78 is 5.50. The maximum Gasteiger partial charge on any atom is 0.324 e. The average Bonchev–Trinajstić information content (AvgIpc) is 2.73. The lowest BCUT2D eigenvalue weighted by Crippen LogP contribution is -2.34. The summed E-state index contributed by atoms with van der Waals surface area (Å²) >= 11 is 0. The van der Waals surface area contributed by atoms with Gasteiger partial charge in [0.15, 0.2) is 0 Å². The number of imide groups is 1. The number of nitrogens with zero attached hydrogens (tertiary/aromatic N) is 1. The first-order valence-corrected chi connectivity index (χ1v) is 6.15. The second-order valence-electron chi connectivity index (χ2n) is 4.23. The Bertz CT molecular complexity index is 443. The molecular weight excluding hydrogens is 246 g/mol. The van der Waals surface area contributed by atoms with Gasteiger partial charge in [0.2, 0.25) is 5.91 Å². The molecule has 0 aliphatic carbocycles. The molecule has 102 valence electrons. The van der Waals surface area contributed by atoms with Crippen molar-refractivity contribution < 1.29 is 14.3 Å². The second kappa shape index (κ2) is 6.19. The van der Waals surface area contributed by atoms with Crippen LogP contribution in [0.1, 0.15) is 5.56 Å². The Morgan fingerprint density at radius 2 is 2.05 bits per heavy atom. The van der Waals surface area contributed by atoms with Crippen LogP contribution >= 0.6 is 0 Å². The van der Waals surface area contributed by atoms with E-state index in [9.17, 15) is 9.59 Å². The zero-order valence-electron chi connectivity index (χ0n) is 10.8. The molecule has 2 rings (SSSR count). The van der Waals surface area contributed by atoms with Crippen LogP contribution < -0.4 is 15.4 Å². The quantitative estimate of drug-likeness (QED) is 0.726. The van der Waals surface area contributed by atoms with Crippen molar-refractivity contribution in [1.82, 2.24) is 15.5 Å². The molecule has 0 bridgehead atoms. The molecule has 0 spiro atoms. The topological polar surface area (TPSA) is 70.7 Å². The smallest absolute Gasteiger partial charge is 0.324 e. The molecular formula is C13H17N3O3. The Balaban J connectivity index is 1.79. The highest BCUT2D eigenvalue weighted by Gasteiger charge is 2.27. The van der Waals surface area contributed by atoms with Crippen LogP contribution in [0.25, 0.3) is 0 Å². The van der Waals surface area contributed by atoms with Gasteiger partial charge in [-0.3, -0.25) is 9.69 Å². The minimum absolute atomic E-state index is 0.0809. The Kier molecular flexibility index (Phi) is 4.35. The van der Waals surface area contributed by atoms with E-state index in [0.29, 0.717) is 6.61 Å². The second-order valence-corrected chi connectivity index (χ2v) is 4.23. The highest BCUT2D eigenvalue weighted by Crippen LogP contribution is 2.12. The summed E-state index contributed by atoms with van der Waals surface area (Å²) in [6.45, 7) is 1.45. The SMILES string of the molecule is CNCc1ccc(OCCN2C(=O)CNC2=O)cc1. The summed E-state index contributed by atoms with van der Waals surface area (Å²) in [7, 11) is 1.89. The van der Waals surface area contributed by atoms with Crippen LogP contribution in [0.15, 0.2) is 24.3 Å². The van der Waals surface area contributed by atoms with Gasteiger partial charge in [0.05, 0.1) is 13.1 Å². The molecule has 1 aromatic carbocycles. The molecule has 0 atom stereocenters. The van der Waals surface area contributed by atoms with Gasteiger partial charge in [-0.1, -0.05) is 12.1 Å². The van der Waals surface area contributed by atoms with Gasteiger partial charge >= 0.3 is 6.03 Å². The molecule has 6 heteroatoms. The molecule has 0 radical (unpaired) electrons. The van der Waals surface area contributed by atoms with Crippen LogP contribution in [0.4, 0.5) is 4.79 Å². The molecule has 1 saturated heterocycles. The molecule has 1 heterocycles. The minimum Gasteiger partial charge on any atom is -0.492 e. The molecule has 1 aliphatic rings. The molecule has 1 aliphatic heterocycles. The van der Waals surface area contributed by atoms with Crippen molar-refractivity contribution in [2.24, 2.45) is 0 Å². The Morgan fingerprint density at radius 1 is 1.32 bits per heavy atom. The van der Waals surface area contributed by atoms with Gasteiger partial charge < -0.3 is 15.4 Å². The average molecular weight is 263 g/mol. The van der Waals surface area contributed by atoms with Gasteiger partial charge in [0.1, 0.15) is 12.4 Å². The van der Waals surface area contributed by atoms with E-state index in [0.717, 1.165) is 17.2 Å². The number of hydrogen-bond acceptors (Lipinski definition) is 4. The van der Waals surface area contributed by atoms with Gasteiger partial charge in [0.25, 0.3) is 0 Å². The van der Waals surface area contributed by atoms with E-state index in [2.05, 4.69) is 10.6 Å². The molecule has 1 aromatic rings. The van der Waals surface area contributed by atoms with Crippen LogP contribution in [0, 0.1) is 0 Å². The Hall–Kier alpha value is -2.08. The van der Waals surface area contributed by atoms with Crippen LogP contribution in [0.3, 0.4) is 0 Å². The van der Waals surface area contributed by atoms with Gasteiger partial charge in [-0.25, -0.2) is 4.79 Å². The van der Waals surface area contributed by atoms with Gasteiger partial charge in [-0.2, -0.15) is 0 Å². The summed E-state index contributed by atoms with van der Waals surface area (Å²) in [5, 5.41) is 5.53. The van der Waals surface area contributed by atoms with E-state index in [4.69, 9.17) is 4.74 Å². The number of hydrogen-bond donors (Lipinski definition) is 2. The van der Waals surface area contributed by atoms with E-state index in [1.54, 1.807) is 0 Å². The number of carbonyl (C=O) groups is 2. The van der Waals surface area contributed by atoms with Crippen molar-refractivity contribution in [3.8, 4) is 5.75 Å². The fraction of sp³-hybridized carbons (Fsp3) is 0.385. The summed E-state index contributed by atoms with van der Waals surface area (Å²) in [5.41, 5.74) is 1.17. The van der Waals surface area contributed by atoms with Crippen molar-refractivity contribution in [3.63, 3.8) is 0 Å². The zero-order chi connectivity index (χ0) is 13.7. The number of nitrogens with one attached hydrogen (secondary N) is 2. The standard InChI is InChI=1S/C13H17N3O3/c1-14-8-10-2-4-11(5-3-10)19-7-6-16-12(17)9-15-13(16)18/h2-5,14H,6-9H2,1H3,(H,15,18). The van der Waals surface area contributed by atoms with Crippen LogP contribution in [-0.2, 0) is 11.3 Å². The van der Waals surface area contributed by atoms with Crippen molar-refractivity contribution >= 4 is 11.9 Å². The number of rotatable bonds is 6. The predicted molar refractivity (Wildman–Crippen MR) is 69.8 cm³/mol. The zero-order valence-corrected chi connectivity index (χ0v) is 10.8. The minimum atomic E-state index is -0.349. The third-order valence-corrected chi connectivity index (χ3v) is 2.82. The third-order valence-electron chi connectivity index (χ3n) is 2.82. The van der Waals surface area contributed by atoms with Crippen molar-refractivity contribution in [2.45, 2.75) is 6.54 Å². The highest BCUT2D eigenvalue weighted by molar-refractivity contribution is 6.01. The third kappa shape index (κ3) is 3.45. The van der Waals surface area contributed by atoms with Gasteiger partial charge in [-0.15, -0.1) is 0 Å². The number of benzene rings is 1.